The fourth-order valence-electron chi connectivity index (χ4n) is 2.37. The summed E-state index contributed by atoms with van der Waals surface area (Å²) in [6.07, 6.45) is 6.35. The molecule has 0 aliphatic carbocycles. The number of hydrogen-bond donors (Lipinski definition) is 1. The van der Waals surface area contributed by atoms with Gasteiger partial charge >= 0.3 is 0 Å². The molecular weight excluding hydrogens is 246 g/mol. The first-order valence-electron chi connectivity index (χ1n) is 7.41. The summed E-state index contributed by atoms with van der Waals surface area (Å²) >= 11 is 0. The van der Waals surface area contributed by atoms with E-state index in [9.17, 15) is 0 Å². The van der Waals surface area contributed by atoms with E-state index in [0.717, 1.165) is 19.4 Å². The van der Waals surface area contributed by atoms with E-state index < -0.39 is 0 Å². The van der Waals surface area contributed by atoms with Gasteiger partial charge in [-0.15, -0.1) is 0 Å². The minimum Gasteiger partial charge on any atom is -0.315 e. The van der Waals surface area contributed by atoms with Crippen molar-refractivity contribution in [3.8, 4) is 5.69 Å². The van der Waals surface area contributed by atoms with Gasteiger partial charge in [0.2, 0.25) is 0 Å². The summed E-state index contributed by atoms with van der Waals surface area (Å²) in [6.45, 7) is 9.67. The fraction of sp³-hybridized carbons (Fsp3) is 0.471. The average Bonchev–Trinajstić information content (AvgIpc) is 2.83. The normalized spacial score (nSPS) is 11.2. The molecule has 0 aliphatic rings. The first-order valence-corrected chi connectivity index (χ1v) is 7.41. The molecule has 0 radical (unpaired) electrons. The van der Waals surface area contributed by atoms with Crippen LogP contribution in [0.3, 0.4) is 0 Å². The summed E-state index contributed by atoms with van der Waals surface area (Å²) < 4.78 is 1.99. The third-order valence-corrected chi connectivity index (χ3v) is 3.43. The Morgan fingerprint density at radius 2 is 2.05 bits per heavy atom. The maximum Gasteiger partial charge on any atom is 0.0674 e. The van der Waals surface area contributed by atoms with Crippen LogP contribution < -0.4 is 5.32 Å². The molecule has 0 aliphatic heterocycles. The van der Waals surface area contributed by atoms with Crippen molar-refractivity contribution in [1.82, 2.24) is 15.1 Å². The molecule has 0 saturated heterocycles. The maximum atomic E-state index is 4.49. The lowest BCUT2D eigenvalue weighted by atomic mass is 10.1. The van der Waals surface area contributed by atoms with Crippen molar-refractivity contribution in [1.29, 1.82) is 0 Å². The van der Waals surface area contributed by atoms with Crippen molar-refractivity contribution in [2.24, 2.45) is 0 Å². The summed E-state index contributed by atoms with van der Waals surface area (Å²) in [5, 5.41) is 7.93. The van der Waals surface area contributed by atoms with Gasteiger partial charge in [-0.3, -0.25) is 0 Å². The fourth-order valence-corrected chi connectivity index (χ4v) is 2.37. The smallest absolute Gasteiger partial charge is 0.0674 e. The number of aromatic nitrogens is 2. The first-order chi connectivity index (χ1) is 9.56. The van der Waals surface area contributed by atoms with E-state index >= 15 is 0 Å². The molecule has 1 heterocycles. The Labute approximate surface area is 122 Å². The van der Waals surface area contributed by atoms with Gasteiger partial charge in [-0.2, -0.15) is 5.10 Å². The molecule has 20 heavy (non-hydrogen) atoms. The number of benzene rings is 1. The number of hydrogen-bond acceptors (Lipinski definition) is 2. The Balaban J connectivity index is 1.98. The molecule has 1 aromatic heterocycles. The Morgan fingerprint density at radius 1 is 1.25 bits per heavy atom. The molecule has 0 bridgehead atoms. The van der Waals surface area contributed by atoms with Crippen LogP contribution in [0.2, 0.25) is 0 Å². The van der Waals surface area contributed by atoms with Crippen LogP contribution in [0.4, 0.5) is 0 Å². The molecule has 0 unspecified atom stereocenters. The molecule has 1 aromatic carbocycles. The molecule has 3 nitrogen and oxygen atoms in total. The summed E-state index contributed by atoms with van der Waals surface area (Å²) in [5.41, 5.74) is 5.03. The summed E-state index contributed by atoms with van der Waals surface area (Å²) in [5.74, 6) is 0. The summed E-state index contributed by atoms with van der Waals surface area (Å²) in [7, 11) is 0. The van der Waals surface area contributed by atoms with Crippen molar-refractivity contribution in [3.05, 3.63) is 47.3 Å². The van der Waals surface area contributed by atoms with Crippen LogP contribution in [0.25, 0.3) is 5.69 Å². The number of rotatable bonds is 6. The molecule has 3 heteroatoms. The highest BCUT2D eigenvalue weighted by Crippen LogP contribution is 2.15. The molecule has 2 rings (SSSR count). The third-order valence-electron chi connectivity index (χ3n) is 3.43. The summed E-state index contributed by atoms with van der Waals surface area (Å²) in [4.78, 5) is 0. The van der Waals surface area contributed by atoms with Crippen LogP contribution in [-0.4, -0.2) is 22.4 Å². The van der Waals surface area contributed by atoms with Gasteiger partial charge < -0.3 is 5.32 Å². The van der Waals surface area contributed by atoms with Crippen LogP contribution in [0.5, 0.6) is 0 Å². The zero-order valence-electron chi connectivity index (χ0n) is 13.0. The summed E-state index contributed by atoms with van der Waals surface area (Å²) in [6, 6.07) is 7.04. The van der Waals surface area contributed by atoms with Crippen LogP contribution in [0.15, 0.2) is 30.6 Å². The second kappa shape index (κ2) is 6.71. The largest absolute Gasteiger partial charge is 0.315 e. The lowest BCUT2D eigenvalue weighted by Crippen LogP contribution is -2.23. The molecule has 108 valence electrons. The average molecular weight is 271 g/mol. The van der Waals surface area contributed by atoms with Gasteiger partial charge in [0.25, 0.3) is 0 Å². The van der Waals surface area contributed by atoms with Gasteiger partial charge in [0.05, 0.1) is 11.9 Å². The second-order valence-corrected chi connectivity index (χ2v) is 5.80. The topological polar surface area (TPSA) is 29.9 Å². The van der Waals surface area contributed by atoms with E-state index in [1.165, 1.54) is 22.4 Å². The van der Waals surface area contributed by atoms with Gasteiger partial charge in [0.1, 0.15) is 0 Å². The van der Waals surface area contributed by atoms with Crippen LogP contribution in [-0.2, 0) is 6.42 Å². The molecule has 2 aromatic rings. The van der Waals surface area contributed by atoms with Crippen molar-refractivity contribution < 1.29 is 0 Å². The lowest BCUT2D eigenvalue weighted by molar-refractivity contribution is 0.570. The van der Waals surface area contributed by atoms with Crippen molar-refractivity contribution in [3.63, 3.8) is 0 Å². The third kappa shape index (κ3) is 3.94. The van der Waals surface area contributed by atoms with E-state index in [1.807, 2.05) is 10.9 Å². The molecular formula is C17H25N3. The van der Waals surface area contributed by atoms with Crippen LogP contribution in [0.1, 0.15) is 37.0 Å². The van der Waals surface area contributed by atoms with Gasteiger partial charge in [0, 0.05) is 12.2 Å². The monoisotopic (exact) mass is 271 g/mol. The predicted octanol–water partition coefficient (Wildman–Crippen LogP) is 3.42. The Morgan fingerprint density at radius 3 is 2.75 bits per heavy atom. The highest BCUT2D eigenvalue weighted by atomic mass is 15.3. The highest BCUT2D eigenvalue weighted by Gasteiger charge is 2.04. The number of nitrogens with zero attached hydrogens (tertiary/aromatic N) is 2. The van der Waals surface area contributed by atoms with Gasteiger partial charge in [0.15, 0.2) is 0 Å². The number of nitrogens with one attached hydrogen (secondary N) is 1. The molecule has 0 atom stereocenters. The standard InChI is InChI=1S/C17H25N3/c1-13(2)18-9-5-6-16-11-19-20(12-16)17-8-7-14(3)10-15(17)4/h7-8,10-13,18H,5-6,9H2,1-4H3. The maximum absolute atomic E-state index is 4.49. The zero-order chi connectivity index (χ0) is 14.5. The van der Waals surface area contributed by atoms with E-state index in [1.54, 1.807) is 0 Å². The Bertz CT molecular complexity index is 555. The minimum atomic E-state index is 0.563. The Kier molecular flexibility index (Phi) is 4.96. The lowest BCUT2D eigenvalue weighted by Gasteiger charge is -2.07. The Hall–Kier alpha value is -1.61. The molecule has 0 fully saturated rings. The van der Waals surface area contributed by atoms with E-state index in [0.29, 0.717) is 6.04 Å². The van der Waals surface area contributed by atoms with Gasteiger partial charge in [-0.1, -0.05) is 31.5 Å². The highest BCUT2D eigenvalue weighted by molar-refractivity contribution is 5.42. The van der Waals surface area contributed by atoms with Crippen molar-refractivity contribution in [2.45, 2.75) is 46.6 Å². The zero-order valence-corrected chi connectivity index (χ0v) is 13.0. The van der Waals surface area contributed by atoms with Gasteiger partial charge in [-0.25, -0.2) is 4.68 Å². The molecule has 0 saturated carbocycles. The molecule has 0 spiro atoms. The van der Waals surface area contributed by atoms with Crippen molar-refractivity contribution in [2.75, 3.05) is 6.54 Å². The quantitative estimate of drug-likeness (QED) is 0.816. The van der Waals surface area contributed by atoms with Gasteiger partial charge in [-0.05, 0) is 50.4 Å². The SMILES string of the molecule is Cc1ccc(-n2cc(CCCNC(C)C)cn2)c(C)c1. The minimum absolute atomic E-state index is 0.563. The van der Waals surface area contributed by atoms with Crippen LogP contribution >= 0.6 is 0 Å². The van der Waals surface area contributed by atoms with E-state index in [4.69, 9.17) is 0 Å². The van der Waals surface area contributed by atoms with Crippen molar-refractivity contribution >= 4 is 0 Å². The molecule has 1 N–H and O–H groups in total. The van der Waals surface area contributed by atoms with Crippen LogP contribution in [0, 0.1) is 13.8 Å². The molecule has 0 amide bonds. The van der Waals surface area contributed by atoms with E-state index in [2.05, 4.69) is 62.5 Å². The first kappa shape index (κ1) is 14.8. The second-order valence-electron chi connectivity index (χ2n) is 5.80. The number of aryl methyl sites for hydroxylation is 3. The predicted molar refractivity (Wildman–Crippen MR) is 84.5 cm³/mol. The van der Waals surface area contributed by atoms with E-state index in [-0.39, 0.29) is 0 Å².